The van der Waals surface area contributed by atoms with E-state index in [9.17, 15) is 4.79 Å². The quantitative estimate of drug-likeness (QED) is 0.455. The predicted octanol–water partition coefficient (Wildman–Crippen LogP) is 2.33. The van der Waals surface area contributed by atoms with Crippen molar-refractivity contribution in [1.29, 1.82) is 0 Å². The molecule has 6 heteroatoms. The third-order valence-electron chi connectivity index (χ3n) is 3.12. The Bertz CT molecular complexity index is 556. The number of aromatic nitrogens is 1. The van der Waals surface area contributed by atoms with Crippen molar-refractivity contribution < 1.29 is 4.79 Å². The van der Waals surface area contributed by atoms with Gasteiger partial charge in [0.05, 0.1) is 11.9 Å². The van der Waals surface area contributed by atoms with E-state index in [1.54, 1.807) is 12.4 Å². The zero-order valence-corrected chi connectivity index (χ0v) is 16.1. The Morgan fingerprint density at radius 1 is 1.18 bits per heavy atom. The fourth-order valence-corrected chi connectivity index (χ4v) is 3.10. The molecule has 0 saturated carbocycles. The van der Waals surface area contributed by atoms with Gasteiger partial charge in [-0.15, -0.1) is 0 Å². The number of carbonyl (C=O) groups is 1. The molecule has 1 aliphatic heterocycles. The van der Waals surface area contributed by atoms with Crippen LogP contribution < -0.4 is 16.0 Å². The molecular weight excluding hydrogens is 471 g/mol. The Morgan fingerprint density at radius 2 is 1.95 bits per heavy atom. The van der Waals surface area contributed by atoms with Crippen molar-refractivity contribution in [3.63, 3.8) is 0 Å². The predicted molar refractivity (Wildman–Crippen MR) is 90.6 cm³/mol. The first-order chi connectivity index (χ1) is 10.8. The molecule has 1 atom stereocenters. The van der Waals surface area contributed by atoms with Gasteiger partial charge in [-0.05, 0) is 36.4 Å². The Kier molecular flexibility index (Phi) is 7.31. The summed E-state index contributed by atoms with van der Waals surface area (Å²) in [5.74, 6) is 0. The number of anilines is 3. The number of hydrogen-bond donors (Lipinski definition) is 3. The molecule has 113 valence electrons. The second-order valence-electron chi connectivity index (χ2n) is 4.90. The van der Waals surface area contributed by atoms with Crippen molar-refractivity contribution in [2.24, 2.45) is 0 Å². The molecule has 1 aromatic carbocycles. The monoisotopic (exact) mass is 491 g/mol. The molecular formula is C16H19N4OPb. The molecule has 2 heterocycles. The number of benzene rings is 1. The van der Waals surface area contributed by atoms with E-state index in [2.05, 4.69) is 20.9 Å². The molecule has 3 radical (unpaired) electrons. The van der Waals surface area contributed by atoms with Crippen LogP contribution in [0.4, 0.5) is 17.1 Å². The molecule has 1 aliphatic rings. The van der Waals surface area contributed by atoms with Gasteiger partial charge in [-0.3, -0.25) is 9.78 Å². The Hall–Kier alpha value is -1.48. The van der Waals surface area contributed by atoms with Gasteiger partial charge in [-0.25, -0.2) is 0 Å². The third-order valence-corrected chi connectivity index (χ3v) is 5.04. The van der Waals surface area contributed by atoms with Crippen LogP contribution in [0.1, 0.15) is 6.42 Å². The van der Waals surface area contributed by atoms with Crippen LogP contribution in [0.3, 0.4) is 0 Å². The summed E-state index contributed by atoms with van der Waals surface area (Å²) < 4.78 is 1.07. The standard InChI is InChI=1S/C12H11N3O.C4H8N.Pb/c16-9-14-10-3-5-11(6-4-10)15-12-2-1-7-13-8-12;1-2-4-5-3-1;/h1-9,15H,(H,14,16);1,5H,2-4H2;. The molecule has 5 nitrogen and oxygen atoms in total. The van der Waals surface area contributed by atoms with Crippen molar-refractivity contribution in [1.82, 2.24) is 10.3 Å². The van der Waals surface area contributed by atoms with Gasteiger partial charge in [0.2, 0.25) is 6.41 Å². The average Bonchev–Trinajstić information content (AvgIpc) is 3.02. The second-order valence-corrected chi connectivity index (χ2v) is 8.07. The molecule has 1 aromatic heterocycles. The van der Waals surface area contributed by atoms with E-state index in [-0.39, 0.29) is 0 Å². The van der Waals surface area contributed by atoms with Crippen LogP contribution in [0.2, 0.25) is 3.48 Å². The van der Waals surface area contributed by atoms with Gasteiger partial charge < -0.3 is 10.6 Å². The van der Waals surface area contributed by atoms with Crippen molar-refractivity contribution in [3.05, 3.63) is 48.8 Å². The van der Waals surface area contributed by atoms with Gasteiger partial charge >= 0.3 is 54.1 Å². The summed E-state index contributed by atoms with van der Waals surface area (Å²) in [5.41, 5.74) is 2.65. The van der Waals surface area contributed by atoms with Crippen LogP contribution >= 0.6 is 0 Å². The number of rotatable bonds is 4. The van der Waals surface area contributed by atoms with Crippen LogP contribution in [0, 0.1) is 0 Å². The minimum atomic E-state index is 0.656. The number of pyridine rings is 1. The van der Waals surface area contributed by atoms with Gasteiger partial charge in [0.15, 0.2) is 0 Å². The first-order valence-electron chi connectivity index (χ1n) is 7.17. The van der Waals surface area contributed by atoms with E-state index in [1.165, 1.54) is 45.3 Å². The van der Waals surface area contributed by atoms with Crippen molar-refractivity contribution in [2.75, 3.05) is 23.7 Å². The minimum absolute atomic E-state index is 0.656. The van der Waals surface area contributed by atoms with Crippen LogP contribution in [0.15, 0.2) is 48.8 Å². The van der Waals surface area contributed by atoms with E-state index in [4.69, 9.17) is 0 Å². The Balaban J connectivity index is 0.000000246. The summed E-state index contributed by atoms with van der Waals surface area (Å²) in [6.07, 6.45) is 5.57. The molecule has 1 fully saturated rings. The second kappa shape index (κ2) is 9.52. The van der Waals surface area contributed by atoms with Crippen LogP contribution in [0.25, 0.3) is 0 Å². The molecule has 0 spiro atoms. The first-order valence-corrected chi connectivity index (χ1v) is 9.41. The summed E-state index contributed by atoms with van der Waals surface area (Å²) >= 11 is 1.39. The fraction of sp³-hybridized carbons (Fsp3) is 0.250. The summed E-state index contributed by atoms with van der Waals surface area (Å²) in [6, 6.07) is 11.2. The molecule has 3 N–H and O–H groups in total. The molecule has 3 rings (SSSR count). The molecule has 1 unspecified atom stereocenters. The summed E-state index contributed by atoms with van der Waals surface area (Å²) in [5, 5.41) is 9.08. The Morgan fingerprint density at radius 3 is 2.45 bits per heavy atom. The zero-order valence-electron chi connectivity index (χ0n) is 12.3. The average molecular weight is 491 g/mol. The molecule has 0 bridgehead atoms. The summed E-state index contributed by atoms with van der Waals surface area (Å²) in [4.78, 5) is 14.2. The number of hydrogen-bond acceptors (Lipinski definition) is 4. The zero-order chi connectivity index (χ0) is 15.6. The van der Waals surface area contributed by atoms with Gasteiger partial charge in [0, 0.05) is 17.6 Å². The van der Waals surface area contributed by atoms with Crippen molar-refractivity contribution in [3.8, 4) is 0 Å². The van der Waals surface area contributed by atoms with Crippen molar-refractivity contribution in [2.45, 2.75) is 9.90 Å². The third kappa shape index (κ3) is 6.10. The first kappa shape index (κ1) is 16.9. The Labute approximate surface area is 146 Å². The van der Waals surface area contributed by atoms with Gasteiger partial charge in [-0.2, -0.15) is 0 Å². The van der Waals surface area contributed by atoms with Gasteiger partial charge in [0.25, 0.3) is 0 Å². The van der Waals surface area contributed by atoms with E-state index < -0.39 is 0 Å². The number of amides is 1. The molecule has 2 aromatic rings. The number of nitrogens with one attached hydrogen (secondary N) is 3. The van der Waals surface area contributed by atoms with E-state index >= 15 is 0 Å². The number of carbonyl (C=O) groups excluding carboxylic acids is 1. The van der Waals surface area contributed by atoms with Crippen LogP contribution in [-0.4, -0.2) is 50.3 Å². The van der Waals surface area contributed by atoms with Gasteiger partial charge in [-0.1, -0.05) is 0 Å². The maximum absolute atomic E-state index is 10.2. The molecule has 22 heavy (non-hydrogen) atoms. The van der Waals surface area contributed by atoms with E-state index in [0.29, 0.717) is 6.41 Å². The van der Waals surface area contributed by atoms with E-state index in [0.717, 1.165) is 20.5 Å². The summed E-state index contributed by atoms with van der Waals surface area (Å²) in [6.45, 7) is 2.57. The van der Waals surface area contributed by atoms with Crippen LogP contribution in [-0.2, 0) is 4.79 Å². The molecule has 1 amide bonds. The maximum atomic E-state index is 10.2. The van der Waals surface area contributed by atoms with Gasteiger partial charge in [0.1, 0.15) is 0 Å². The van der Waals surface area contributed by atoms with E-state index in [1.807, 2.05) is 36.4 Å². The number of nitrogens with zero attached hydrogens (tertiary/aromatic N) is 1. The van der Waals surface area contributed by atoms with Crippen molar-refractivity contribution >= 4 is 49.2 Å². The molecule has 1 saturated heterocycles. The van der Waals surface area contributed by atoms with Crippen LogP contribution in [0.5, 0.6) is 0 Å². The SMILES string of the molecule is O=CNc1ccc(Nc2cccnc2)cc1.[Pb][CH]1CCNC1. The topological polar surface area (TPSA) is 66.0 Å². The fourth-order valence-electron chi connectivity index (χ4n) is 1.98. The summed E-state index contributed by atoms with van der Waals surface area (Å²) in [7, 11) is 0. The normalized spacial score (nSPS) is 16.3. The molecule has 0 aliphatic carbocycles.